The van der Waals surface area contributed by atoms with E-state index in [2.05, 4.69) is 10.2 Å². The lowest BCUT2D eigenvalue weighted by Gasteiger charge is -2.33. The number of nitrogens with one attached hydrogen (secondary N) is 1. The van der Waals surface area contributed by atoms with Crippen LogP contribution in [0.4, 0.5) is 4.39 Å². The monoisotopic (exact) mass is 340 g/mol. The third-order valence-electron chi connectivity index (χ3n) is 3.65. The third-order valence-corrected chi connectivity index (χ3v) is 3.65. The highest BCUT2D eigenvalue weighted by atomic mass is 35.5. The fourth-order valence-electron chi connectivity index (χ4n) is 2.46. The van der Waals surface area contributed by atoms with Gasteiger partial charge in [-0.05, 0) is 13.0 Å². The summed E-state index contributed by atoms with van der Waals surface area (Å²) in [5, 5.41) is 3.30. The van der Waals surface area contributed by atoms with Crippen LogP contribution in [0.25, 0.3) is 0 Å². The molecule has 1 aliphatic rings. The van der Waals surface area contributed by atoms with E-state index >= 15 is 0 Å². The van der Waals surface area contributed by atoms with E-state index in [1.54, 1.807) is 13.2 Å². The van der Waals surface area contributed by atoms with Gasteiger partial charge < -0.3 is 14.8 Å². The Kier molecular flexibility index (Phi) is 8.97. The summed E-state index contributed by atoms with van der Waals surface area (Å²) in [5.74, 6) is 0.751. The molecule has 0 unspecified atom stereocenters. The van der Waals surface area contributed by atoms with E-state index in [4.69, 9.17) is 9.47 Å². The molecule has 1 aliphatic heterocycles. The van der Waals surface area contributed by atoms with E-state index in [9.17, 15) is 4.39 Å². The van der Waals surface area contributed by atoms with Crippen molar-refractivity contribution < 1.29 is 13.9 Å². The third kappa shape index (κ3) is 4.61. The SMILES string of the molecule is COc1cc(F)c([C@@H](C)N2CCNCC2)cc1OC.Cl.Cl. The van der Waals surface area contributed by atoms with Gasteiger partial charge in [0.15, 0.2) is 11.5 Å². The number of benzene rings is 1. The molecule has 0 aliphatic carbocycles. The molecule has 4 nitrogen and oxygen atoms in total. The molecular weight excluding hydrogens is 318 g/mol. The Balaban J connectivity index is 0.00000200. The highest BCUT2D eigenvalue weighted by Gasteiger charge is 2.22. The van der Waals surface area contributed by atoms with Crippen molar-refractivity contribution in [2.75, 3.05) is 40.4 Å². The summed E-state index contributed by atoms with van der Waals surface area (Å²) >= 11 is 0. The summed E-state index contributed by atoms with van der Waals surface area (Å²) in [6, 6.07) is 3.16. The van der Waals surface area contributed by atoms with E-state index < -0.39 is 0 Å². The zero-order valence-corrected chi connectivity index (χ0v) is 14.2. The first-order valence-corrected chi connectivity index (χ1v) is 6.53. The first-order chi connectivity index (χ1) is 9.17. The number of piperazine rings is 1. The molecule has 1 heterocycles. The van der Waals surface area contributed by atoms with Crippen molar-refractivity contribution in [2.45, 2.75) is 13.0 Å². The summed E-state index contributed by atoms with van der Waals surface area (Å²) in [4.78, 5) is 2.26. The highest BCUT2D eigenvalue weighted by molar-refractivity contribution is 5.85. The lowest BCUT2D eigenvalue weighted by atomic mass is 10.0. The average Bonchev–Trinajstić information content (AvgIpc) is 2.47. The Morgan fingerprint density at radius 2 is 1.62 bits per heavy atom. The van der Waals surface area contributed by atoms with Gasteiger partial charge >= 0.3 is 0 Å². The topological polar surface area (TPSA) is 33.7 Å². The zero-order valence-electron chi connectivity index (χ0n) is 12.5. The van der Waals surface area contributed by atoms with Crippen LogP contribution in [-0.2, 0) is 0 Å². The van der Waals surface area contributed by atoms with Crippen molar-refractivity contribution in [3.63, 3.8) is 0 Å². The minimum absolute atomic E-state index is 0. The standard InChI is InChI=1S/C14H21FN2O2.2ClH/c1-10(17-6-4-16-5-7-17)11-8-13(18-2)14(19-3)9-12(11)15;;/h8-10,16H,4-7H2,1-3H3;2*1H/t10-;;/m1../s1. The van der Waals surface area contributed by atoms with Gasteiger partial charge in [-0.3, -0.25) is 4.90 Å². The van der Waals surface area contributed by atoms with Gasteiger partial charge in [-0.15, -0.1) is 24.8 Å². The van der Waals surface area contributed by atoms with Gasteiger partial charge in [-0.1, -0.05) is 0 Å². The smallest absolute Gasteiger partial charge is 0.163 e. The van der Waals surface area contributed by atoms with Crippen LogP contribution in [-0.4, -0.2) is 45.3 Å². The minimum atomic E-state index is -0.247. The van der Waals surface area contributed by atoms with Crippen LogP contribution in [0.15, 0.2) is 12.1 Å². The molecule has 1 saturated heterocycles. The van der Waals surface area contributed by atoms with E-state index in [-0.39, 0.29) is 36.7 Å². The van der Waals surface area contributed by atoms with Crippen LogP contribution in [0.5, 0.6) is 11.5 Å². The molecule has 1 aromatic carbocycles. The van der Waals surface area contributed by atoms with Crippen molar-refractivity contribution in [1.82, 2.24) is 10.2 Å². The van der Waals surface area contributed by atoms with Crippen molar-refractivity contribution in [1.29, 1.82) is 0 Å². The molecule has 21 heavy (non-hydrogen) atoms. The van der Waals surface area contributed by atoms with Crippen LogP contribution in [0.3, 0.4) is 0 Å². The Morgan fingerprint density at radius 3 is 2.14 bits per heavy atom. The maximum absolute atomic E-state index is 14.2. The lowest BCUT2D eigenvalue weighted by molar-refractivity contribution is 0.182. The summed E-state index contributed by atoms with van der Waals surface area (Å²) in [7, 11) is 3.08. The van der Waals surface area contributed by atoms with Crippen molar-refractivity contribution in [2.24, 2.45) is 0 Å². The minimum Gasteiger partial charge on any atom is -0.493 e. The first-order valence-electron chi connectivity index (χ1n) is 6.53. The summed E-state index contributed by atoms with van der Waals surface area (Å²) < 4.78 is 24.5. The molecule has 0 aromatic heterocycles. The molecule has 7 heteroatoms. The van der Waals surface area contributed by atoms with Gasteiger partial charge in [0.25, 0.3) is 0 Å². The molecule has 0 amide bonds. The number of hydrogen-bond donors (Lipinski definition) is 1. The number of halogens is 3. The molecule has 122 valence electrons. The molecule has 2 rings (SSSR count). The Morgan fingerprint density at radius 1 is 1.10 bits per heavy atom. The second kappa shape index (κ2) is 9.30. The second-order valence-corrected chi connectivity index (χ2v) is 4.69. The van der Waals surface area contributed by atoms with Gasteiger partial charge in [0.05, 0.1) is 14.2 Å². The number of nitrogens with zero attached hydrogens (tertiary/aromatic N) is 1. The van der Waals surface area contributed by atoms with E-state index in [0.29, 0.717) is 17.1 Å². The Labute approximate surface area is 137 Å². The number of methoxy groups -OCH3 is 2. The molecule has 0 spiro atoms. The van der Waals surface area contributed by atoms with E-state index in [1.807, 2.05) is 6.92 Å². The van der Waals surface area contributed by atoms with Crippen LogP contribution in [0.2, 0.25) is 0 Å². The predicted octanol–water partition coefficient (Wildman–Crippen LogP) is 2.65. The maximum atomic E-state index is 14.2. The molecule has 0 bridgehead atoms. The van der Waals surface area contributed by atoms with E-state index in [1.165, 1.54) is 13.2 Å². The number of rotatable bonds is 4. The van der Waals surface area contributed by atoms with Crippen LogP contribution in [0, 0.1) is 5.82 Å². The van der Waals surface area contributed by atoms with Crippen LogP contribution < -0.4 is 14.8 Å². The van der Waals surface area contributed by atoms with Gasteiger partial charge in [0.1, 0.15) is 5.82 Å². The number of hydrogen-bond acceptors (Lipinski definition) is 4. The Bertz CT molecular complexity index is 443. The van der Waals surface area contributed by atoms with Gasteiger partial charge in [0.2, 0.25) is 0 Å². The maximum Gasteiger partial charge on any atom is 0.163 e. The highest BCUT2D eigenvalue weighted by Crippen LogP contribution is 2.34. The quantitative estimate of drug-likeness (QED) is 0.913. The zero-order chi connectivity index (χ0) is 13.8. The second-order valence-electron chi connectivity index (χ2n) is 4.69. The average molecular weight is 341 g/mol. The fourth-order valence-corrected chi connectivity index (χ4v) is 2.46. The molecule has 0 radical (unpaired) electrons. The fraction of sp³-hybridized carbons (Fsp3) is 0.571. The summed E-state index contributed by atoms with van der Waals surface area (Å²) in [5.41, 5.74) is 0.652. The summed E-state index contributed by atoms with van der Waals surface area (Å²) in [6.45, 7) is 5.76. The molecule has 1 fully saturated rings. The predicted molar refractivity (Wildman–Crippen MR) is 86.9 cm³/mol. The van der Waals surface area contributed by atoms with Gasteiger partial charge in [-0.2, -0.15) is 0 Å². The van der Waals surface area contributed by atoms with Crippen molar-refractivity contribution in [3.8, 4) is 11.5 Å². The molecule has 1 N–H and O–H groups in total. The van der Waals surface area contributed by atoms with Gasteiger partial charge in [0, 0.05) is 43.9 Å². The van der Waals surface area contributed by atoms with Crippen molar-refractivity contribution in [3.05, 3.63) is 23.5 Å². The molecular formula is C14H23Cl2FN2O2. The van der Waals surface area contributed by atoms with Crippen LogP contribution in [0.1, 0.15) is 18.5 Å². The van der Waals surface area contributed by atoms with Gasteiger partial charge in [-0.25, -0.2) is 4.39 Å². The number of ether oxygens (including phenoxy) is 2. The summed E-state index contributed by atoms with van der Waals surface area (Å²) in [6.07, 6.45) is 0. The molecule has 0 saturated carbocycles. The van der Waals surface area contributed by atoms with Crippen LogP contribution >= 0.6 is 24.8 Å². The first kappa shape index (κ1) is 20.2. The van der Waals surface area contributed by atoms with Crippen molar-refractivity contribution >= 4 is 24.8 Å². The molecule has 1 atom stereocenters. The largest absolute Gasteiger partial charge is 0.493 e. The molecule has 1 aromatic rings. The lowest BCUT2D eigenvalue weighted by Crippen LogP contribution is -2.44. The van der Waals surface area contributed by atoms with E-state index in [0.717, 1.165) is 26.2 Å². The normalized spacial score (nSPS) is 16.4. The Hall–Kier alpha value is -0.750.